The molecule has 0 amide bonds. The second-order valence-corrected chi connectivity index (χ2v) is 6.70. The highest BCUT2D eigenvalue weighted by atomic mass is 35.5. The van der Waals surface area contributed by atoms with Crippen molar-refractivity contribution >= 4 is 34.5 Å². The molecule has 4 rings (SSSR count). The Balaban J connectivity index is 1.92. The maximum absolute atomic E-state index is 5.92. The fourth-order valence-corrected chi connectivity index (χ4v) is 4.05. The van der Waals surface area contributed by atoms with E-state index in [0.717, 1.165) is 29.8 Å². The number of thioether (sulfide) groups is 1. The minimum absolute atomic E-state index is 0.385. The molecule has 1 aliphatic heterocycles. The summed E-state index contributed by atoms with van der Waals surface area (Å²) in [7, 11) is 0. The summed E-state index contributed by atoms with van der Waals surface area (Å²) in [6.45, 7) is 0. The highest BCUT2D eigenvalue weighted by Crippen LogP contribution is 2.35. The number of nitrogens with zero attached hydrogens (tertiary/aromatic N) is 3. The van der Waals surface area contributed by atoms with Gasteiger partial charge >= 0.3 is 0 Å². The number of aromatic nitrogens is 3. The van der Waals surface area contributed by atoms with Gasteiger partial charge < -0.3 is 8.98 Å². The van der Waals surface area contributed by atoms with Crippen molar-refractivity contribution in [2.24, 2.45) is 0 Å². The minimum atomic E-state index is 0.385. The van der Waals surface area contributed by atoms with Crippen molar-refractivity contribution in [1.82, 2.24) is 14.5 Å². The third-order valence-electron chi connectivity index (χ3n) is 3.80. The van der Waals surface area contributed by atoms with Crippen molar-refractivity contribution in [1.29, 1.82) is 0 Å². The van der Waals surface area contributed by atoms with Gasteiger partial charge in [-0.2, -0.15) is 11.8 Å². The van der Waals surface area contributed by atoms with Crippen LogP contribution in [0.1, 0.15) is 18.9 Å². The Bertz CT molecular complexity index is 776. The first-order chi connectivity index (χ1) is 10.3. The van der Waals surface area contributed by atoms with Gasteiger partial charge in [-0.1, -0.05) is 0 Å². The molecule has 0 spiro atoms. The van der Waals surface area contributed by atoms with Crippen LogP contribution in [0.3, 0.4) is 0 Å². The van der Waals surface area contributed by atoms with E-state index in [1.54, 1.807) is 6.07 Å². The topological polar surface area (TPSA) is 43.9 Å². The number of hydrogen-bond donors (Lipinski definition) is 0. The lowest BCUT2D eigenvalue weighted by Crippen LogP contribution is -2.16. The van der Waals surface area contributed by atoms with E-state index in [0.29, 0.717) is 17.0 Å². The van der Waals surface area contributed by atoms with Crippen LogP contribution in [0.25, 0.3) is 22.7 Å². The van der Waals surface area contributed by atoms with Gasteiger partial charge in [-0.15, -0.1) is 0 Å². The molecule has 0 radical (unpaired) electrons. The summed E-state index contributed by atoms with van der Waals surface area (Å²) in [5.74, 6) is 3.88. The van der Waals surface area contributed by atoms with Gasteiger partial charge in [-0.3, -0.25) is 0 Å². The molecule has 4 heterocycles. The smallest absolute Gasteiger partial charge is 0.194 e. The highest BCUT2D eigenvalue weighted by Gasteiger charge is 2.24. The first-order valence-corrected chi connectivity index (χ1v) is 8.52. The lowest BCUT2D eigenvalue weighted by atomic mass is 10.1. The molecule has 1 fully saturated rings. The molecule has 108 valence electrons. The Morgan fingerprint density at radius 3 is 2.86 bits per heavy atom. The van der Waals surface area contributed by atoms with Crippen LogP contribution in [0.4, 0.5) is 0 Å². The van der Waals surface area contributed by atoms with Crippen LogP contribution >= 0.6 is 23.4 Å². The maximum atomic E-state index is 5.92. The molecule has 1 saturated heterocycles. The predicted octanol–water partition coefficient (Wildman–Crippen LogP) is 4.41. The lowest BCUT2D eigenvalue weighted by molar-refractivity contribution is 0.474. The SMILES string of the molecule is Clc1ccc(-c2nc3cccnc3n2C2CCSCC2)o1. The number of imidazole rings is 1. The van der Waals surface area contributed by atoms with Gasteiger partial charge in [0, 0.05) is 12.2 Å². The summed E-state index contributed by atoms with van der Waals surface area (Å²) in [5.41, 5.74) is 1.83. The van der Waals surface area contributed by atoms with E-state index in [1.807, 2.05) is 36.2 Å². The number of rotatable bonds is 2. The van der Waals surface area contributed by atoms with Crippen LogP contribution in [-0.4, -0.2) is 26.0 Å². The van der Waals surface area contributed by atoms with Gasteiger partial charge in [-0.25, -0.2) is 9.97 Å². The molecule has 0 atom stereocenters. The Hall–Kier alpha value is -1.46. The summed E-state index contributed by atoms with van der Waals surface area (Å²) in [6.07, 6.45) is 4.08. The number of pyridine rings is 1. The van der Waals surface area contributed by atoms with Crippen LogP contribution in [0, 0.1) is 0 Å². The summed E-state index contributed by atoms with van der Waals surface area (Å²) < 4.78 is 7.81. The number of fused-ring (bicyclic) bond motifs is 1. The molecule has 1 aliphatic rings. The van der Waals surface area contributed by atoms with Crippen molar-refractivity contribution < 1.29 is 4.42 Å². The minimum Gasteiger partial charge on any atom is -0.441 e. The largest absolute Gasteiger partial charge is 0.441 e. The number of halogens is 1. The van der Waals surface area contributed by atoms with Crippen LogP contribution in [0.5, 0.6) is 0 Å². The van der Waals surface area contributed by atoms with Crippen LogP contribution in [0.2, 0.25) is 5.22 Å². The van der Waals surface area contributed by atoms with E-state index in [1.165, 1.54) is 11.5 Å². The fourth-order valence-electron chi connectivity index (χ4n) is 2.83. The van der Waals surface area contributed by atoms with Gasteiger partial charge in [0.15, 0.2) is 22.5 Å². The van der Waals surface area contributed by atoms with E-state index in [2.05, 4.69) is 9.55 Å². The molecule has 3 aromatic heterocycles. The van der Waals surface area contributed by atoms with Crippen molar-refractivity contribution in [2.75, 3.05) is 11.5 Å². The van der Waals surface area contributed by atoms with Gasteiger partial charge in [0.25, 0.3) is 0 Å². The van der Waals surface area contributed by atoms with Crippen LogP contribution < -0.4 is 0 Å². The number of hydrogen-bond acceptors (Lipinski definition) is 4. The van der Waals surface area contributed by atoms with Gasteiger partial charge in [0.2, 0.25) is 0 Å². The molecule has 4 nitrogen and oxygen atoms in total. The van der Waals surface area contributed by atoms with Gasteiger partial charge in [-0.05, 0) is 60.2 Å². The molecule has 0 aliphatic carbocycles. The van der Waals surface area contributed by atoms with E-state index in [-0.39, 0.29) is 0 Å². The monoisotopic (exact) mass is 319 g/mol. The zero-order chi connectivity index (χ0) is 14.2. The molecule has 0 N–H and O–H groups in total. The second-order valence-electron chi connectivity index (χ2n) is 5.10. The van der Waals surface area contributed by atoms with E-state index < -0.39 is 0 Å². The molecule has 6 heteroatoms. The van der Waals surface area contributed by atoms with Crippen molar-refractivity contribution in [3.05, 3.63) is 35.7 Å². The first-order valence-electron chi connectivity index (χ1n) is 6.99. The summed E-state index contributed by atoms with van der Waals surface area (Å²) in [4.78, 5) is 9.24. The van der Waals surface area contributed by atoms with E-state index in [9.17, 15) is 0 Å². The molecule has 0 saturated carbocycles. The van der Waals surface area contributed by atoms with Crippen LogP contribution in [0.15, 0.2) is 34.9 Å². The second kappa shape index (κ2) is 5.39. The van der Waals surface area contributed by atoms with Crippen molar-refractivity contribution in [3.8, 4) is 11.6 Å². The Morgan fingerprint density at radius 1 is 1.24 bits per heavy atom. The molecule has 0 bridgehead atoms. The van der Waals surface area contributed by atoms with Crippen molar-refractivity contribution in [3.63, 3.8) is 0 Å². The Labute approximate surface area is 131 Å². The van der Waals surface area contributed by atoms with Gasteiger partial charge in [0.1, 0.15) is 5.52 Å². The lowest BCUT2D eigenvalue weighted by Gasteiger charge is -2.24. The first kappa shape index (κ1) is 13.2. The Morgan fingerprint density at radius 2 is 2.10 bits per heavy atom. The Kier molecular flexibility index (Phi) is 3.39. The normalized spacial score (nSPS) is 16.6. The van der Waals surface area contributed by atoms with Crippen LogP contribution in [-0.2, 0) is 0 Å². The average Bonchev–Trinajstić information content (AvgIpc) is 3.11. The summed E-state index contributed by atoms with van der Waals surface area (Å²) >= 11 is 7.93. The quantitative estimate of drug-likeness (QED) is 0.701. The highest BCUT2D eigenvalue weighted by molar-refractivity contribution is 7.99. The van der Waals surface area contributed by atoms with Gasteiger partial charge in [0.05, 0.1) is 0 Å². The average molecular weight is 320 g/mol. The molecule has 21 heavy (non-hydrogen) atoms. The van der Waals surface area contributed by atoms with E-state index in [4.69, 9.17) is 21.0 Å². The predicted molar refractivity (Wildman–Crippen MR) is 85.8 cm³/mol. The zero-order valence-corrected chi connectivity index (χ0v) is 12.9. The summed E-state index contributed by atoms with van der Waals surface area (Å²) in [5, 5.41) is 0.385. The standard InChI is InChI=1S/C15H14ClN3OS/c16-13-4-3-12(20-13)15-18-11-2-1-7-17-14(11)19(15)10-5-8-21-9-6-10/h1-4,7,10H,5-6,8-9H2. The third kappa shape index (κ3) is 2.34. The van der Waals surface area contributed by atoms with E-state index >= 15 is 0 Å². The summed E-state index contributed by atoms with van der Waals surface area (Å²) in [6, 6.07) is 7.95. The molecular weight excluding hydrogens is 306 g/mol. The molecule has 3 aromatic rings. The maximum Gasteiger partial charge on any atom is 0.194 e. The number of furan rings is 1. The molecular formula is C15H14ClN3OS. The van der Waals surface area contributed by atoms with Crippen molar-refractivity contribution in [2.45, 2.75) is 18.9 Å². The zero-order valence-electron chi connectivity index (χ0n) is 11.3. The third-order valence-corrected chi connectivity index (χ3v) is 5.05. The fraction of sp³-hybridized carbons (Fsp3) is 0.333. The molecule has 0 aromatic carbocycles. The molecule has 0 unspecified atom stereocenters.